The molecule has 1 heterocycles. The quantitative estimate of drug-likeness (QED) is 0.605. The predicted octanol–water partition coefficient (Wildman–Crippen LogP) is 1.90. The van der Waals surface area contributed by atoms with Gasteiger partial charge in [-0.05, 0) is 17.6 Å². The number of allylic oxidation sites excluding steroid dienone is 1. The number of carbonyl (C=O) groups is 2. The second kappa shape index (κ2) is 4.31. The van der Waals surface area contributed by atoms with Gasteiger partial charge < -0.3 is 0 Å². The lowest BCUT2D eigenvalue weighted by molar-refractivity contribution is -0.124. The molecule has 0 radical (unpaired) electrons. The van der Waals surface area contributed by atoms with Gasteiger partial charge >= 0.3 is 0 Å². The lowest BCUT2D eigenvalue weighted by Crippen LogP contribution is -2.19. The number of rotatable bonds is 2. The van der Waals surface area contributed by atoms with Crippen molar-refractivity contribution >= 4 is 17.4 Å². The molecule has 1 aliphatic heterocycles. The van der Waals surface area contributed by atoms with Crippen molar-refractivity contribution in [1.82, 2.24) is 5.32 Å². The minimum atomic E-state index is -0.245. The topological polar surface area (TPSA) is 46.2 Å². The number of amides is 2. The lowest BCUT2D eigenvalue weighted by atomic mass is 9.97. The maximum absolute atomic E-state index is 11.6. The number of hydrogen-bond acceptors (Lipinski definition) is 2. The fraction of sp³-hybridized carbons (Fsp3) is 0.231. The van der Waals surface area contributed by atoms with Gasteiger partial charge in [-0.15, -0.1) is 0 Å². The molecule has 0 aliphatic carbocycles. The van der Waals surface area contributed by atoms with Crippen LogP contribution in [0.4, 0.5) is 0 Å². The van der Waals surface area contributed by atoms with Gasteiger partial charge in [0.05, 0.1) is 6.42 Å². The van der Waals surface area contributed by atoms with Crippen LogP contribution in [0.1, 0.15) is 25.3 Å². The summed E-state index contributed by atoms with van der Waals surface area (Å²) in [4.78, 5) is 22.7. The summed E-state index contributed by atoms with van der Waals surface area (Å²) in [5, 5.41) is 2.32. The van der Waals surface area contributed by atoms with E-state index >= 15 is 0 Å². The molecular weight excluding hydrogens is 202 g/mol. The van der Waals surface area contributed by atoms with Gasteiger partial charge in [0.25, 0.3) is 5.91 Å². The first-order valence-corrected chi connectivity index (χ1v) is 5.34. The summed E-state index contributed by atoms with van der Waals surface area (Å²) in [5.41, 5.74) is 2.59. The molecule has 16 heavy (non-hydrogen) atoms. The highest BCUT2D eigenvalue weighted by Crippen LogP contribution is 2.26. The summed E-state index contributed by atoms with van der Waals surface area (Å²) < 4.78 is 0. The molecule has 1 saturated heterocycles. The Balaban J connectivity index is 2.47. The molecule has 82 valence electrons. The molecule has 2 rings (SSSR count). The first kappa shape index (κ1) is 10.6. The Labute approximate surface area is 94.2 Å². The fourth-order valence-corrected chi connectivity index (χ4v) is 1.96. The molecule has 0 spiro atoms. The average Bonchev–Trinajstić information content (AvgIpc) is 2.61. The Morgan fingerprint density at radius 3 is 2.44 bits per heavy atom. The highest BCUT2D eigenvalue weighted by molar-refractivity contribution is 6.17. The van der Waals surface area contributed by atoms with E-state index in [1.54, 1.807) is 0 Å². The van der Waals surface area contributed by atoms with Gasteiger partial charge in [-0.25, -0.2) is 0 Å². The van der Waals surface area contributed by atoms with Gasteiger partial charge in [0, 0.05) is 5.57 Å². The SMILES string of the molecule is CCC(=C1CC(=O)NC1=O)c1ccccc1. The van der Waals surface area contributed by atoms with Crippen molar-refractivity contribution in [2.75, 3.05) is 0 Å². The molecule has 1 fully saturated rings. The van der Waals surface area contributed by atoms with Gasteiger partial charge in [-0.1, -0.05) is 37.3 Å². The van der Waals surface area contributed by atoms with Crippen LogP contribution >= 0.6 is 0 Å². The number of nitrogens with one attached hydrogen (secondary N) is 1. The molecule has 1 N–H and O–H groups in total. The number of hydrogen-bond donors (Lipinski definition) is 1. The van der Waals surface area contributed by atoms with E-state index in [9.17, 15) is 9.59 Å². The van der Waals surface area contributed by atoms with Gasteiger partial charge in [0.15, 0.2) is 0 Å². The molecule has 1 aromatic carbocycles. The third-order valence-corrected chi connectivity index (χ3v) is 2.70. The zero-order valence-corrected chi connectivity index (χ0v) is 9.12. The highest BCUT2D eigenvalue weighted by Gasteiger charge is 2.26. The Morgan fingerprint density at radius 1 is 1.25 bits per heavy atom. The molecule has 0 atom stereocenters. The maximum Gasteiger partial charge on any atom is 0.254 e. The van der Waals surface area contributed by atoms with Crippen molar-refractivity contribution in [3.8, 4) is 0 Å². The normalized spacial score (nSPS) is 18.6. The van der Waals surface area contributed by atoms with Gasteiger partial charge in [-0.2, -0.15) is 0 Å². The van der Waals surface area contributed by atoms with E-state index in [1.165, 1.54) is 0 Å². The van der Waals surface area contributed by atoms with Crippen LogP contribution in [0, 0.1) is 0 Å². The van der Waals surface area contributed by atoms with E-state index in [0.29, 0.717) is 5.57 Å². The van der Waals surface area contributed by atoms with Gasteiger partial charge in [-0.3, -0.25) is 14.9 Å². The predicted molar refractivity (Wildman–Crippen MR) is 61.4 cm³/mol. The molecule has 0 unspecified atom stereocenters. The minimum absolute atomic E-state index is 0.205. The molecule has 1 aliphatic rings. The van der Waals surface area contributed by atoms with E-state index in [4.69, 9.17) is 0 Å². The monoisotopic (exact) mass is 215 g/mol. The standard InChI is InChI=1S/C13H13NO2/c1-2-10(9-6-4-3-5-7-9)11-8-12(15)14-13(11)16/h3-7H,2,8H2,1H3,(H,14,15,16). The zero-order valence-electron chi connectivity index (χ0n) is 9.12. The second-order valence-electron chi connectivity index (χ2n) is 3.73. The first-order chi connectivity index (χ1) is 7.72. The molecule has 3 heteroatoms. The van der Waals surface area contributed by atoms with Crippen LogP contribution in [0.2, 0.25) is 0 Å². The van der Waals surface area contributed by atoms with Gasteiger partial charge in [0.2, 0.25) is 5.91 Å². The third-order valence-electron chi connectivity index (χ3n) is 2.70. The number of carbonyl (C=O) groups excluding carboxylic acids is 2. The lowest BCUT2D eigenvalue weighted by Gasteiger charge is -2.07. The molecule has 3 nitrogen and oxygen atoms in total. The summed E-state index contributed by atoms with van der Waals surface area (Å²) in [5.74, 6) is -0.451. The van der Waals surface area contributed by atoms with E-state index in [-0.39, 0.29) is 18.2 Å². The van der Waals surface area contributed by atoms with Crippen molar-refractivity contribution in [1.29, 1.82) is 0 Å². The number of benzene rings is 1. The Kier molecular flexibility index (Phi) is 2.86. The van der Waals surface area contributed by atoms with Crippen LogP contribution in [0.15, 0.2) is 35.9 Å². The van der Waals surface area contributed by atoms with Crippen molar-refractivity contribution in [3.63, 3.8) is 0 Å². The Morgan fingerprint density at radius 2 is 1.94 bits per heavy atom. The zero-order chi connectivity index (χ0) is 11.5. The van der Waals surface area contributed by atoms with Gasteiger partial charge in [0.1, 0.15) is 0 Å². The van der Waals surface area contributed by atoms with E-state index in [1.807, 2.05) is 37.3 Å². The summed E-state index contributed by atoms with van der Waals surface area (Å²) in [7, 11) is 0. The summed E-state index contributed by atoms with van der Waals surface area (Å²) in [6.45, 7) is 1.99. The van der Waals surface area contributed by atoms with Crippen molar-refractivity contribution in [2.24, 2.45) is 0 Å². The molecule has 1 aromatic rings. The van der Waals surface area contributed by atoms with Crippen molar-refractivity contribution in [2.45, 2.75) is 19.8 Å². The molecule has 0 bridgehead atoms. The first-order valence-electron chi connectivity index (χ1n) is 5.34. The van der Waals surface area contributed by atoms with E-state index in [0.717, 1.165) is 17.6 Å². The number of imide groups is 1. The fourth-order valence-electron chi connectivity index (χ4n) is 1.96. The van der Waals surface area contributed by atoms with Crippen molar-refractivity contribution < 1.29 is 9.59 Å². The van der Waals surface area contributed by atoms with Crippen LogP contribution in [-0.2, 0) is 9.59 Å². The molecule has 0 saturated carbocycles. The summed E-state index contributed by atoms with van der Waals surface area (Å²) in [6.07, 6.45) is 0.955. The van der Waals surface area contributed by atoms with Crippen LogP contribution < -0.4 is 5.32 Å². The second-order valence-corrected chi connectivity index (χ2v) is 3.73. The van der Waals surface area contributed by atoms with Crippen LogP contribution in [0.25, 0.3) is 5.57 Å². The van der Waals surface area contributed by atoms with Crippen LogP contribution in [-0.4, -0.2) is 11.8 Å². The van der Waals surface area contributed by atoms with Crippen LogP contribution in [0.3, 0.4) is 0 Å². The van der Waals surface area contributed by atoms with Crippen molar-refractivity contribution in [3.05, 3.63) is 41.5 Å². The Hall–Kier alpha value is -1.90. The average molecular weight is 215 g/mol. The summed E-state index contributed by atoms with van der Waals surface area (Å²) in [6, 6.07) is 9.71. The smallest absolute Gasteiger partial charge is 0.254 e. The summed E-state index contributed by atoms with van der Waals surface area (Å²) >= 11 is 0. The molecule has 2 amide bonds. The third kappa shape index (κ3) is 1.89. The molecule has 0 aromatic heterocycles. The van der Waals surface area contributed by atoms with E-state index < -0.39 is 0 Å². The van der Waals surface area contributed by atoms with E-state index in [2.05, 4.69) is 5.32 Å². The highest BCUT2D eigenvalue weighted by atomic mass is 16.2. The minimum Gasteiger partial charge on any atom is -0.292 e. The maximum atomic E-state index is 11.6. The largest absolute Gasteiger partial charge is 0.292 e. The molecular formula is C13H13NO2. The Bertz CT molecular complexity index is 460. The van der Waals surface area contributed by atoms with Crippen LogP contribution in [0.5, 0.6) is 0 Å².